The van der Waals surface area contributed by atoms with Gasteiger partial charge < -0.3 is 9.84 Å². The molecule has 7 heteroatoms. The minimum Gasteiger partial charge on any atom is -0.406 e. The monoisotopic (exact) mass is 303 g/mol. The minimum absolute atomic E-state index is 0.0162. The zero-order valence-electron chi connectivity index (χ0n) is 10.6. The Balaban J connectivity index is 2.19. The molecular weight excluding hydrogens is 291 g/mol. The summed E-state index contributed by atoms with van der Waals surface area (Å²) >= 11 is 1.44. The van der Waals surface area contributed by atoms with Crippen LogP contribution in [0.5, 0.6) is 5.75 Å². The van der Waals surface area contributed by atoms with Gasteiger partial charge in [0, 0.05) is 23.5 Å². The SMILES string of the molecule is Cc1sc(-c2ccc(OC(F)(F)F)cc2)nc1CCO. The van der Waals surface area contributed by atoms with E-state index in [4.69, 9.17) is 5.11 Å². The number of halogens is 3. The number of thiazole rings is 1. The van der Waals surface area contributed by atoms with E-state index in [1.54, 1.807) is 0 Å². The van der Waals surface area contributed by atoms with Gasteiger partial charge in [0.05, 0.1) is 5.69 Å². The van der Waals surface area contributed by atoms with Gasteiger partial charge in [-0.1, -0.05) is 0 Å². The van der Waals surface area contributed by atoms with Crippen LogP contribution in [0.15, 0.2) is 24.3 Å². The summed E-state index contributed by atoms with van der Waals surface area (Å²) in [6.45, 7) is 1.91. The van der Waals surface area contributed by atoms with Crippen molar-refractivity contribution in [3.63, 3.8) is 0 Å². The second-order valence-electron chi connectivity index (χ2n) is 4.07. The quantitative estimate of drug-likeness (QED) is 0.939. The molecule has 2 rings (SSSR count). The van der Waals surface area contributed by atoms with Gasteiger partial charge in [-0.05, 0) is 31.2 Å². The summed E-state index contributed by atoms with van der Waals surface area (Å²) in [6, 6.07) is 5.57. The highest BCUT2D eigenvalue weighted by Crippen LogP contribution is 2.30. The Labute approximate surface area is 117 Å². The molecule has 0 radical (unpaired) electrons. The minimum atomic E-state index is -4.69. The number of aliphatic hydroxyl groups is 1. The van der Waals surface area contributed by atoms with Gasteiger partial charge in [0.2, 0.25) is 0 Å². The van der Waals surface area contributed by atoms with Crippen LogP contribution in [0.2, 0.25) is 0 Å². The lowest BCUT2D eigenvalue weighted by Crippen LogP contribution is -2.16. The number of nitrogens with zero attached hydrogens (tertiary/aromatic N) is 1. The van der Waals surface area contributed by atoms with E-state index in [0.717, 1.165) is 16.1 Å². The van der Waals surface area contributed by atoms with Crippen molar-refractivity contribution >= 4 is 11.3 Å². The molecule has 20 heavy (non-hydrogen) atoms. The lowest BCUT2D eigenvalue weighted by molar-refractivity contribution is -0.274. The first-order valence-corrected chi connectivity index (χ1v) is 6.64. The van der Waals surface area contributed by atoms with Crippen LogP contribution in [0.1, 0.15) is 10.6 Å². The number of rotatable bonds is 4. The molecule has 1 aromatic heterocycles. The predicted molar refractivity (Wildman–Crippen MR) is 69.8 cm³/mol. The fraction of sp³-hybridized carbons (Fsp3) is 0.308. The fourth-order valence-corrected chi connectivity index (χ4v) is 2.65. The third kappa shape index (κ3) is 3.71. The lowest BCUT2D eigenvalue weighted by Gasteiger charge is -2.08. The molecule has 0 atom stereocenters. The number of aromatic nitrogens is 1. The summed E-state index contributed by atoms with van der Waals surface area (Å²) in [4.78, 5) is 5.36. The molecule has 1 heterocycles. The number of benzene rings is 1. The third-order valence-electron chi connectivity index (χ3n) is 2.58. The molecule has 0 bridgehead atoms. The standard InChI is InChI=1S/C13H12F3NO2S/c1-8-11(6-7-18)17-12(20-8)9-2-4-10(5-3-9)19-13(14,15)16/h2-5,18H,6-7H2,1H3. The van der Waals surface area contributed by atoms with Crippen molar-refractivity contribution in [2.45, 2.75) is 19.7 Å². The van der Waals surface area contributed by atoms with Gasteiger partial charge in [0.1, 0.15) is 10.8 Å². The van der Waals surface area contributed by atoms with Crippen molar-refractivity contribution in [3.05, 3.63) is 34.8 Å². The average molecular weight is 303 g/mol. The number of hydrogen-bond acceptors (Lipinski definition) is 4. The Morgan fingerprint density at radius 2 is 1.90 bits per heavy atom. The second-order valence-corrected chi connectivity index (χ2v) is 5.27. The maximum absolute atomic E-state index is 12.0. The number of hydrogen-bond donors (Lipinski definition) is 1. The van der Waals surface area contributed by atoms with Crippen LogP contribution >= 0.6 is 11.3 Å². The van der Waals surface area contributed by atoms with E-state index < -0.39 is 6.36 Å². The number of aliphatic hydroxyl groups excluding tert-OH is 1. The zero-order valence-corrected chi connectivity index (χ0v) is 11.4. The molecule has 0 spiro atoms. The largest absolute Gasteiger partial charge is 0.573 e. The fourth-order valence-electron chi connectivity index (χ4n) is 1.69. The van der Waals surface area contributed by atoms with Crippen molar-refractivity contribution in [2.75, 3.05) is 6.61 Å². The van der Waals surface area contributed by atoms with Crippen LogP contribution in [0.4, 0.5) is 13.2 Å². The molecule has 0 aliphatic carbocycles. The smallest absolute Gasteiger partial charge is 0.406 e. The normalized spacial score (nSPS) is 11.7. The first kappa shape index (κ1) is 14.8. The molecule has 0 fully saturated rings. The molecular formula is C13H12F3NO2S. The molecule has 0 saturated heterocycles. The highest BCUT2D eigenvalue weighted by Gasteiger charge is 2.31. The van der Waals surface area contributed by atoms with Crippen molar-refractivity contribution in [2.24, 2.45) is 0 Å². The lowest BCUT2D eigenvalue weighted by atomic mass is 10.2. The van der Waals surface area contributed by atoms with E-state index in [9.17, 15) is 13.2 Å². The van der Waals surface area contributed by atoms with Crippen LogP contribution in [0.3, 0.4) is 0 Å². The predicted octanol–water partition coefficient (Wildman–Crippen LogP) is 3.55. The molecule has 1 aromatic carbocycles. The topological polar surface area (TPSA) is 42.4 Å². The Hall–Kier alpha value is -1.60. The van der Waals surface area contributed by atoms with E-state index in [2.05, 4.69) is 9.72 Å². The highest BCUT2D eigenvalue weighted by atomic mass is 32.1. The first-order valence-electron chi connectivity index (χ1n) is 5.82. The third-order valence-corrected chi connectivity index (χ3v) is 3.64. The molecule has 1 N–H and O–H groups in total. The van der Waals surface area contributed by atoms with Gasteiger partial charge in [-0.3, -0.25) is 0 Å². The molecule has 108 valence electrons. The van der Waals surface area contributed by atoms with Gasteiger partial charge in [0.25, 0.3) is 0 Å². The Morgan fingerprint density at radius 3 is 2.45 bits per heavy atom. The zero-order chi connectivity index (χ0) is 14.8. The number of alkyl halides is 3. The molecule has 0 amide bonds. The van der Waals surface area contributed by atoms with Gasteiger partial charge in [-0.15, -0.1) is 24.5 Å². The molecule has 3 nitrogen and oxygen atoms in total. The van der Waals surface area contributed by atoms with Gasteiger partial charge >= 0.3 is 6.36 Å². The Morgan fingerprint density at radius 1 is 1.25 bits per heavy atom. The molecule has 0 aliphatic rings. The van der Waals surface area contributed by atoms with Crippen molar-refractivity contribution in [1.82, 2.24) is 4.98 Å². The summed E-state index contributed by atoms with van der Waals surface area (Å²) in [5.74, 6) is -0.259. The summed E-state index contributed by atoms with van der Waals surface area (Å²) in [6.07, 6.45) is -4.22. The second kappa shape index (κ2) is 5.80. The average Bonchev–Trinajstić information content (AvgIpc) is 2.70. The van der Waals surface area contributed by atoms with Gasteiger partial charge in [-0.2, -0.15) is 0 Å². The van der Waals surface area contributed by atoms with E-state index >= 15 is 0 Å². The van der Waals surface area contributed by atoms with Gasteiger partial charge in [-0.25, -0.2) is 4.98 Å². The first-order chi connectivity index (χ1) is 9.39. The molecule has 2 aromatic rings. The van der Waals surface area contributed by atoms with Crippen molar-refractivity contribution in [3.8, 4) is 16.3 Å². The summed E-state index contributed by atoms with van der Waals surface area (Å²) < 4.78 is 40.0. The summed E-state index contributed by atoms with van der Waals surface area (Å²) in [7, 11) is 0. The van der Waals surface area contributed by atoms with E-state index in [-0.39, 0.29) is 12.4 Å². The Bertz CT molecular complexity index is 578. The van der Waals surface area contributed by atoms with Crippen molar-refractivity contribution in [1.29, 1.82) is 0 Å². The maximum Gasteiger partial charge on any atom is 0.573 e. The summed E-state index contributed by atoms with van der Waals surface area (Å²) in [5, 5.41) is 9.62. The van der Waals surface area contributed by atoms with Crippen LogP contribution in [0, 0.1) is 6.92 Å². The number of ether oxygens (including phenoxy) is 1. The van der Waals surface area contributed by atoms with Gasteiger partial charge in [0.15, 0.2) is 0 Å². The number of aryl methyl sites for hydroxylation is 1. The van der Waals surface area contributed by atoms with Crippen LogP contribution in [-0.2, 0) is 6.42 Å². The van der Waals surface area contributed by atoms with Crippen LogP contribution < -0.4 is 4.74 Å². The molecule has 0 unspecified atom stereocenters. The van der Waals surface area contributed by atoms with E-state index in [0.29, 0.717) is 11.4 Å². The van der Waals surface area contributed by atoms with Crippen LogP contribution in [0.25, 0.3) is 10.6 Å². The highest BCUT2D eigenvalue weighted by molar-refractivity contribution is 7.15. The Kier molecular flexibility index (Phi) is 4.29. The van der Waals surface area contributed by atoms with Crippen molar-refractivity contribution < 1.29 is 23.0 Å². The van der Waals surface area contributed by atoms with E-state index in [1.165, 1.54) is 35.6 Å². The summed E-state index contributed by atoms with van der Waals surface area (Å²) in [5.41, 5.74) is 1.53. The molecule has 0 saturated carbocycles. The van der Waals surface area contributed by atoms with E-state index in [1.807, 2.05) is 6.92 Å². The maximum atomic E-state index is 12.0. The van der Waals surface area contributed by atoms with Crippen LogP contribution in [-0.4, -0.2) is 23.1 Å². The molecule has 0 aliphatic heterocycles.